The first kappa shape index (κ1) is 19.1. The summed E-state index contributed by atoms with van der Waals surface area (Å²) in [5.41, 5.74) is 4.17. The topological polar surface area (TPSA) is 75.2 Å². The van der Waals surface area contributed by atoms with E-state index in [9.17, 15) is 0 Å². The van der Waals surface area contributed by atoms with Crippen LogP contribution in [0.5, 0.6) is 0 Å². The van der Waals surface area contributed by atoms with Crippen molar-refractivity contribution >= 4 is 28.2 Å². The van der Waals surface area contributed by atoms with Gasteiger partial charge in [-0.1, -0.05) is 6.07 Å². The Hall–Kier alpha value is -2.93. The number of hydrogen-bond donors (Lipinski definition) is 2. The standard InChI is InChI=1S/C23H28N6O/c1-2-8-25-22(3-1)28-18-6-4-17(5-7-18)27-21-16-19(29-11-13-30-14-12-29)15-20-23(21)26-10-9-24-20/h1-3,8-10,15-18,27H,4-7,11-14H2,(H,25,28)/t17-,18+. The fraction of sp³-hybridized carbons (Fsp3) is 0.435. The zero-order valence-corrected chi connectivity index (χ0v) is 17.1. The molecule has 5 rings (SSSR count). The minimum absolute atomic E-state index is 0.442. The van der Waals surface area contributed by atoms with Crippen molar-refractivity contribution in [1.82, 2.24) is 15.0 Å². The van der Waals surface area contributed by atoms with E-state index in [1.807, 2.05) is 24.4 Å². The largest absolute Gasteiger partial charge is 0.380 e. The van der Waals surface area contributed by atoms with Gasteiger partial charge in [-0.2, -0.15) is 0 Å². The Kier molecular flexibility index (Phi) is 5.61. The predicted molar refractivity (Wildman–Crippen MR) is 120 cm³/mol. The molecule has 0 radical (unpaired) electrons. The van der Waals surface area contributed by atoms with Crippen molar-refractivity contribution in [2.75, 3.05) is 41.8 Å². The lowest BCUT2D eigenvalue weighted by atomic mass is 9.91. The second-order valence-corrected chi connectivity index (χ2v) is 8.07. The Morgan fingerprint density at radius 3 is 2.37 bits per heavy atom. The molecule has 0 amide bonds. The summed E-state index contributed by atoms with van der Waals surface area (Å²) in [7, 11) is 0. The van der Waals surface area contributed by atoms with E-state index in [0.29, 0.717) is 12.1 Å². The van der Waals surface area contributed by atoms with Gasteiger partial charge in [0.15, 0.2) is 0 Å². The quantitative estimate of drug-likeness (QED) is 0.672. The molecular formula is C23H28N6O. The summed E-state index contributed by atoms with van der Waals surface area (Å²) < 4.78 is 5.52. The molecule has 2 fully saturated rings. The van der Waals surface area contributed by atoms with Crippen LogP contribution in [0.2, 0.25) is 0 Å². The molecule has 3 aromatic rings. The highest BCUT2D eigenvalue weighted by Gasteiger charge is 2.23. The minimum Gasteiger partial charge on any atom is -0.380 e. The van der Waals surface area contributed by atoms with Gasteiger partial charge < -0.3 is 20.3 Å². The van der Waals surface area contributed by atoms with Gasteiger partial charge in [-0.05, 0) is 49.9 Å². The third kappa shape index (κ3) is 4.31. The normalized spacial score (nSPS) is 22.1. The molecule has 2 N–H and O–H groups in total. The lowest BCUT2D eigenvalue weighted by Gasteiger charge is -2.32. The molecule has 1 aliphatic carbocycles. The zero-order chi connectivity index (χ0) is 20.2. The summed E-state index contributed by atoms with van der Waals surface area (Å²) >= 11 is 0. The van der Waals surface area contributed by atoms with E-state index in [1.165, 1.54) is 5.69 Å². The second-order valence-electron chi connectivity index (χ2n) is 8.07. The molecule has 1 saturated carbocycles. The first-order valence-electron chi connectivity index (χ1n) is 10.9. The molecule has 3 heterocycles. The maximum Gasteiger partial charge on any atom is 0.126 e. The molecule has 1 aromatic carbocycles. The molecule has 2 aliphatic rings. The maximum atomic E-state index is 5.52. The summed E-state index contributed by atoms with van der Waals surface area (Å²) in [6, 6.07) is 11.3. The molecule has 30 heavy (non-hydrogen) atoms. The van der Waals surface area contributed by atoms with Crippen LogP contribution in [0.1, 0.15) is 25.7 Å². The highest BCUT2D eigenvalue weighted by atomic mass is 16.5. The lowest BCUT2D eigenvalue weighted by molar-refractivity contribution is 0.122. The number of morpholine rings is 1. The van der Waals surface area contributed by atoms with Crippen LogP contribution in [0.25, 0.3) is 11.0 Å². The Morgan fingerprint density at radius 1 is 0.833 bits per heavy atom. The van der Waals surface area contributed by atoms with Crippen molar-refractivity contribution in [3.8, 4) is 0 Å². The fourth-order valence-corrected chi connectivity index (χ4v) is 4.43. The molecule has 156 valence electrons. The zero-order valence-electron chi connectivity index (χ0n) is 17.1. The van der Waals surface area contributed by atoms with Crippen molar-refractivity contribution in [3.05, 3.63) is 48.9 Å². The van der Waals surface area contributed by atoms with Crippen molar-refractivity contribution in [2.45, 2.75) is 37.8 Å². The van der Waals surface area contributed by atoms with Crippen molar-refractivity contribution < 1.29 is 4.74 Å². The number of ether oxygens (including phenoxy) is 1. The van der Waals surface area contributed by atoms with Gasteiger partial charge in [0.05, 0.1) is 24.4 Å². The molecule has 0 atom stereocenters. The Morgan fingerprint density at radius 2 is 1.60 bits per heavy atom. The number of pyridine rings is 1. The summed E-state index contributed by atoms with van der Waals surface area (Å²) in [6.07, 6.45) is 9.87. The molecule has 2 aromatic heterocycles. The average Bonchev–Trinajstić information content (AvgIpc) is 2.81. The van der Waals surface area contributed by atoms with Crippen LogP contribution in [-0.4, -0.2) is 53.3 Å². The maximum absolute atomic E-state index is 5.52. The van der Waals surface area contributed by atoms with E-state index in [1.54, 1.807) is 12.4 Å². The van der Waals surface area contributed by atoms with E-state index < -0.39 is 0 Å². The van der Waals surface area contributed by atoms with E-state index in [0.717, 1.165) is 74.5 Å². The van der Waals surface area contributed by atoms with E-state index in [2.05, 4.69) is 42.6 Å². The lowest BCUT2D eigenvalue weighted by Crippen LogP contribution is -2.36. The average molecular weight is 405 g/mol. The van der Waals surface area contributed by atoms with Crippen LogP contribution in [0.15, 0.2) is 48.9 Å². The molecule has 0 spiro atoms. The number of benzene rings is 1. The monoisotopic (exact) mass is 404 g/mol. The smallest absolute Gasteiger partial charge is 0.126 e. The molecule has 1 aliphatic heterocycles. The number of anilines is 3. The number of aromatic nitrogens is 3. The number of hydrogen-bond acceptors (Lipinski definition) is 7. The second kappa shape index (κ2) is 8.83. The molecule has 7 heteroatoms. The van der Waals surface area contributed by atoms with Gasteiger partial charge in [-0.3, -0.25) is 9.97 Å². The van der Waals surface area contributed by atoms with Crippen LogP contribution >= 0.6 is 0 Å². The molecular weight excluding hydrogens is 376 g/mol. The number of rotatable bonds is 5. The number of fused-ring (bicyclic) bond motifs is 1. The SMILES string of the molecule is c1ccc(N[C@H]2CC[C@@H](Nc3cc(N4CCOCC4)cc4nccnc34)CC2)nc1. The van der Waals surface area contributed by atoms with E-state index >= 15 is 0 Å². The van der Waals surface area contributed by atoms with Crippen LogP contribution in [0.3, 0.4) is 0 Å². The first-order chi connectivity index (χ1) is 14.8. The number of nitrogens with one attached hydrogen (secondary N) is 2. The van der Waals surface area contributed by atoms with Gasteiger partial charge in [-0.15, -0.1) is 0 Å². The van der Waals surface area contributed by atoms with Gasteiger partial charge >= 0.3 is 0 Å². The highest BCUT2D eigenvalue weighted by Crippen LogP contribution is 2.31. The summed E-state index contributed by atoms with van der Waals surface area (Å²) in [6.45, 7) is 3.37. The third-order valence-corrected chi connectivity index (χ3v) is 6.04. The van der Waals surface area contributed by atoms with Gasteiger partial charge in [0.25, 0.3) is 0 Å². The van der Waals surface area contributed by atoms with Crippen LogP contribution in [-0.2, 0) is 4.74 Å². The Labute approximate surface area is 176 Å². The van der Waals surface area contributed by atoms with Crippen molar-refractivity contribution in [1.29, 1.82) is 0 Å². The summed E-state index contributed by atoms with van der Waals surface area (Å²) in [5.74, 6) is 0.966. The molecule has 7 nitrogen and oxygen atoms in total. The van der Waals surface area contributed by atoms with Crippen molar-refractivity contribution in [2.24, 2.45) is 0 Å². The molecule has 0 unspecified atom stereocenters. The fourth-order valence-electron chi connectivity index (χ4n) is 4.43. The number of nitrogens with zero attached hydrogens (tertiary/aromatic N) is 4. The first-order valence-corrected chi connectivity index (χ1v) is 10.9. The van der Waals surface area contributed by atoms with Crippen molar-refractivity contribution in [3.63, 3.8) is 0 Å². The predicted octanol–water partition coefficient (Wildman–Crippen LogP) is 3.70. The van der Waals surface area contributed by atoms with Gasteiger partial charge in [0.1, 0.15) is 11.3 Å². The minimum atomic E-state index is 0.442. The van der Waals surface area contributed by atoms with Crippen LogP contribution in [0, 0.1) is 0 Å². The molecule has 0 bridgehead atoms. The van der Waals surface area contributed by atoms with Crippen LogP contribution < -0.4 is 15.5 Å². The summed E-state index contributed by atoms with van der Waals surface area (Å²) in [5, 5.41) is 7.35. The molecule has 1 saturated heterocycles. The van der Waals surface area contributed by atoms with E-state index in [-0.39, 0.29) is 0 Å². The van der Waals surface area contributed by atoms with Gasteiger partial charge in [-0.25, -0.2) is 4.98 Å². The van der Waals surface area contributed by atoms with E-state index in [4.69, 9.17) is 4.74 Å². The Balaban J connectivity index is 1.29. The third-order valence-electron chi connectivity index (χ3n) is 6.04. The Bertz CT molecular complexity index is 968. The van der Waals surface area contributed by atoms with Gasteiger partial charge in [0, 0.05) is 49.5 Å². The highest BCUT2D eigenvalue weighted by molar-refractivity contribution is 5.91. The van der Waals surface area contributed by atoms with Crippen LogP contribution in [0.4, 0.5) is 17.2 Å². The van der Waals surface area contributed by atoms with Gasteiger partial charge in [0.2, 0.25) is 0 Å². The summed E-state index contributed by atoms with van der Waals surface area (Å²) in [4.78, 5) is 16.0.